The van der Waals surface area contributed by atoms with Crippen LogP contribution in [0.15, 0.2) is 39.2 Å². The van der Waals surface area contributed by atoms with Gasteiger partial charge in [0, 0.05) is 18.2 Å². The first-order valence-corrected chi connectivity index (χ1v) is 13.4. The molecule has 1 aromatic rings. The van der Waals surface area contributed by atoms with Crippen molar-refractivity contribution in [2.45, 2.75) is 42.7 Å². The quantitative estimate of drug-likeness (QED) is 0.0388. The molecule has 19 heteroatoms. The number of thioether (sulfide) groups is 1. The Bertz CT molecular complexity index is 1300. The fourth-order valence-electron chi connectivity index (χ4n) is 4.14. The van der Waals surface area contributed by atoms with E-state index in [1.165, 1.54) is 25.5 Å². The summed E-state index contributed by atoms with van der Waals surface area (Å²) in [5.74, 6) is -3.70. The van der Waals surface area contributed by atoms with Crippen molar-refractivity contribution in [3.05, 3.63) is 35.4 Å². The van der Waals surface area contributed by atoms with E-state index in [9.17, 15) is 44.1 Å². The molecule has 2 aliphatic rings. The molecule has 18 nitrogen and oxygen atoms in total. The lowest BCUT2D eigenvalue weighted by Crippen LogP contribution is -2.71. The van der Waals surface area contributed by atoms with Gasteiger partial charge in [-0.25, -0.2) is 9.59 Å². The molecule has 0 unspecified atom stereocenters. The van der Waals surface area contributed by atoms with Crippen molar-refractivity contribution in [1.29, 1.82) is 0 Å². The molecule has 234 valence electrons. The zero-order valence-corrected chi connectivity index (χ0v) is 23.5. The number of amides is 4. The molecule has 4 amide bonds. The Labute approximate surface area is 247 Å². The molecule has 0 radical (unpaired) electrons. The highest BCUT2D eigenvalue weighted by atomic mass is 32.2. The highest BCUT2D eigenvalue weighted by Gasteiger charge is 2.55. The second kappa shape index (κ2) is 14.6. The summed E-state index contributed by atoms with van der Waals surface area (Å²) in [6.07, 6.45) is -5.68. The van der Waals surface area contributed by atoms with Crippen LogP contribution < -0.4 is 16.4 Å². The lowest BCUT2D eigenvalue weighted by Gasteiger charge is -2.49. The largest absolute Gasteiger partial charge is 0.462 e. The molecule has 0 bridgehead atoms. The molecule has 6 atom stereocenters. The molecule has 3 rings (SSSR count). The van der Waals surface area contributed by atoms with Gasteiger partial charge in [-0.3, -0.25) is 19.3 Å². The maximum atomic E-state index is 13.5. The van der Waals surface area contributed by atoms with E-state index < -0.39 is 84.5 Å². The monoisotopic (exact) mass is 627 g/mol. The van der Waals surface area contributed by atoms with E-state index in [2.05, 4.69) is 15.8 Å². The Morgan fingerprint density at radius 2 is 2.05 bits per heavy atom. The average Bonchev–Trinajstić information content (AvgIpc) is 3.52. The van der Waals surface area contributed by atoms with Crippen LogP contribution in [0.4, 0.5) is 4.79 Å². The Morgan fingerprint density at radius 1 is 1.33 bits per heavy atom. The standard InChI is InChI=1S/C24H29N5O13S/c1-10(32)26-12(6-30)19(18(34)13(33)7-31)42-23(37)17-11(8-41-24(25)38)9-43-22-16(21(36)29(17)22)27-20(35)15(28-39-2)14-4-3-5-40-14/h3-6,12-13,16,18-19,22,31,33-34H,7-9H2,1-2H3,(H2,25,38)(H,26,32)(H,27,35)/t12-,13+,16+,18+,19+,22-/m0/s1. The van der Waals surface area contributed by atoms with Gasteiger partial charge in [-0.2, -0.15) is 0 Å². The van der Waals surface area contributed by atoms with Crippen molar-refractivity contribution >= 4 is 53.5 Å². The van der Waals surface area contributed by atoms with Gasteiger partial charge in [-0.1, -0.05) is 5.16 Å². The van der Waals surface area contributed by atoms with E-state index in [-0.39, 0.29) is 29.1 Å². The molecule has 1 fully saturated rings. The number of nitrogens with two attached hydrogens (primary N) is 1. The molecule has 3 heterocycles. The lowest BCUT2D eigenvalue weighted by molar-refractivity contribution is -0.167. The number of fused-ring (bicyclic) bond motifs is 1. The smallest absolute Gasteiger partial charge is 0.404 e. The minimum absolute atomic E-state index is 0.0367. The van der Waals surface area contributed by atoms with Crippen LogP contribution in [0.3, 0.4) is 0 Å². The first-order valence-electron chi connectivity index (χ1n) is 12.4. The summed E-state index contributed by atoms with van der Waals surface area (Å²) in [5.41, 5.74) is 4.36. The number of hydrogen-bond donors (Lipinski definition) is 6. The summed E-state index contributed by atoms with van der Waals surface area (Å²) in [5, 5.41) is 37.2. The van der Waals surface area contributed by atoms with Crippen molar-refractivity contribution < 1.29 is 62.8 Å². The molecular weight excluding hydrogens is 598 g/mol. The number of nitrogens with one attached hydrogen (secondary N) is 2. The second-order valence-corrected chi connectivity index (χ2v) is 10.1. The predicted molar refractivity (Wildman–Crippen MR) is 142 cm³/mol. The number of primary amides is 1. The molecule has 1 saturated heterocycles. The van der Waals surface area contributed by atoms with E-state index in [1.54, 1.807) is 0 Å². The molecule has 7 N–H and O–H groups in total. The van der Waals surface area contributed by atoms with Crippen LogP contribution in [0.25, 0.3) is 0 Å². The first kappa shape index (κ1) is 33.0. The van der Waals surface area contributed by atoms with E-state index in [1.807, 2.05) is 0 Å². The van der Waals surface area contributed by atoms with Crippen molar-refractivity contribution in [1.82, 2.24) is 15.5 Å². The number of hydrogen-bond acceptors (Lipinski definition) is 15. The van der Waals surface area contributed by atoms with Crippen molar-refractivity contribution in [3.63, 3.8) is 0 Å². The third-order valence-electron chi connectivity index (χ3n) is 6.10. The topological polar surface area (TPSA) is 270 Å². The van der Waals surface area contributed by atoms with Gasteiger partial charge in [-0.15, -0.1) is 11.8 Å². The summed E-state index contributed by atoms with van der Waals surface area (Å²) >= 11 is 1.09. The van der Waals surface area contributed by atoms with Crippen LogP contribution in [-0.2, 0) is 38.3 Å². The average molecular weight is 628 g/mol. The van der Waals surface area contributed by atoms with Gasteiger partial charge in [0.25, 0.3) is 11.8 Å². The van der Waals surface area contributed by atoms with E-state index in [0.29, 0.717) is 0 Å². The molecule has 0 saturated carbocycles. The van der Waals surface area contributed by atoms with E-state index in [4.69, 9.17) is 24.5 Å². The number of oxime groups is 1. The van der Waals surface area contributed by atoms with Gasteiger partial charge in [0.2, 0.25) is 11.6 Å². The lowest BCUT2D eigenvalue weighted by atomic mass is 10.0. The maximum Gasteiger partial charge on any atom is 0.404 e. The number of carbonyl (C=O) groups is 6. The normalized spacial score (nSPS) is 20.9. The number of esters is 1. The zero-order chi connectivity index (χ0) is 31.8. The third kappa shape index (κ3) is 7.49. The highest BCUT2D eigenvalue weighted by molar-refractivity contribution is 8.00. The van der Waals surface area contributed by atoms with E-state index >= 15 is 0 Å². The molecule has 1 aromatic heterocycles. The van der Waals surface area contributed by atoms with Crippen LogP contribution in [0.1, 0.15) is 12.7 Å². The summed E-state index contributed by atoms with van der Waals surface area (Å²) < 4.78 is 15.3. The summed E-state index contributed by atoms with van der Waals surface area (Å²) in [6.45, 7) is -0.520. The Hall–Kier alpha value is -4.46. The first-order chi connectivity index (χ1) is 20.4. The van der Waals surface area contributed by atoms with Crippen LogP contribution in [-0.4, -0.2) is 124 Å². The third-order valence-corrected chi connectivity index (χ3v) is 7.44. The van der Waals surface area contributed by atoms with Gasteiger partial charge in [0.1, 0.15) is 55.4 Å². The maximum absolute atomic E-state index is 13.5. The number of β-lactam (4-membered cyclic amide) rings is 1. The Morgan fingerprint density at radius 3 is 2.60 bits per heavy atom. The highest BCUT2D eigenvalue weighted by Crippen LogP contribution is 2.41. The number of nitrogens with zero attached hydrogens (tertiary/aromatic N) is 2. The predicted octanol–water partition coefficient (Wildman–Crippen LogP) is -3.29. The molecule has 43 heavy (non-hydrogen) atoms. The van der Waals surface area contributed by atoms with Crippen molar-refractivity contribution in [3.8, 4) is 0 Å². The minimum Gasteiger partial charge on any atom is -0.462 e. The fourth-order valence-corrected chi connectivity index (χ4v) is 5.47. The Balaban J connectivity index is 1.92. The molecule has 0 aromatic carbocycles. The van der Waals surface area contributed by atoms with Gasteiger partial charge in [-0.05, 0) is 12.1 Å². The second-order valence-electron chi connectivity index (χ2n) is 8.99. The molecular formula is C24H29N5O13S. The van der Waals surface area contributed by atoms with Gasteiger partial charge in [0.05, 0.1) is 12.9 Å². The molecule has 0 spiro atoms. The Kier molecular flexibility index (Phi) is 11.2. The number of rotatable bonds is 14. The molecule has 0 aliphatic carbocycles. The van der Waals surface area contributed by atoms with Crippen LogP contribution in [0, 0.1) is 0 Å². The fraction of sp³-hybridized carbons (Fsp3) is 0.458. The SMILES string of the molecule is CON=C(C(=O)N[C@@H]1C(=O)N2C(C(=O)O[C@@H]([C@H](O)[C@H](O)CO)[C@H](C=O)NC(C)=O)=C(COC(N)=O)CS[C@@H]12)c1ccco1. The summed E-state index contributed by atoms with van der Waals surface area (Å²) in [4.78, 5) is 80.0. The minimum atomic E-state index is -2.07. The van der Waals surface area contributed by atoms with Crippen LogP contribution in [0.2, 0.25) is 0 Å². The number of carbonyl (C=O) groups excluding carboxylic acids is 6. The zero-order valence-electron chi connectivity index (χ0n) is 22.7. The number of aldehydes is 1. The van der Waals surface area contributed by atoms with Crippen molar-refractivity contribution in [2.24, 2.45) is 10.9 Å². The molecule has 2 aliphatic heterocycles. The van der Waals surface area contributed by atoms with Crippen LogP contribution in [0.5, 0.6) is 0 Å². The number of aliphatic hydroxyl groups excluding tert-OH is 3. The van der Waals surface area contributed by atoms with Gasteiger partial charge < -0.3 is 55.2 Å². The van der Waals surface area contributed by atoms with Crippen LogP contribution >= 0.6 is 11.8 Å². The summed E-state index contributed by atoms with van der Waals surface area (Å²) in [6, 6.07) is 0.0760. The number of furan rings is 1. The van der Waals surface area contributed by atoms with E-state index in [0.717, 1.165) is 23.6 Å². The van der Waals surface area contributed by atoms with Crippen molar-refractivity contribution in [2.75, 3.05) is 26.1 Å². The number of aliphatic hydroxyl groups is 3. The summed E-state index contributed by atoms with van der Waals surface area (Å²) in [7, 11) is 1.20. The van der Waals surface area contributed by atoms with Gasteiger partial charge in [0.15, 0.2) is 11.9 Å². The van der Waals surface area contributed by atoms with Gasteiger partial charge >= 0.3 is 12.1 Å². The number of ether oxygens (including phenoxy) is 2.